The molecule has 0 spiro atoms. The van der Waals surface area contributed by atoms with Crippen LogP contribution in [0.25, 0.3) is 17.2 Å². The first-order valence-electron chi connectivity index (χ1n) is 7.62. The molecule has 124 valence electrons. The smallest absolute Gasteiger partial charge is 0.182 e. The average molecular weight is 331 g/mol. The molecule has 1 aromatic carbocycles. The van der Waals surface area contributed by atoms with E-state index in [-0.39, 0.29) is 5.92 Å². The van der Waals surface area contributed by atoms with Gasteiger partial charge in [-0.2, -0.15) is 9.78 Å². The normalized spacial score (nSPS) is 17.5. The van der Waals surface area contributed by atoms with Gasteiger partial charge in [-0.3, -0.25) is 4.68 Å². The molecule has 1 saturated heterocycles. The van der Waals surface area contributed by atoms with Crippen molar-refractivity contribution in [3.05, 3.63) is 47.9 Å². The molecule has 1 aliphatic heterocycles. The zero-order valence-electron chi connectivity index (χ0n) is 13.0. The molecule has 8 heteroatoms. The zero-order chi connectivity index (χ0) is 16.7. The van der Waals surface area contributed by atoms with Gasteiger partial charge in [0.25, 0.3) is 0 Å². The highest BCUT2D eigenvalue weighted by Crippen LogP contribution is 2.28. The molecule has 1 fully saturated rings. The van der Waals surface area contributed by atoms with E-state index in [1.165, 1.54) is 6.07 Å². The molecule has 0 N–H and O–H groups in total. The van der Waals surface area contributed by atoms with Crippen molar-refractivity contribution >= 4 is 0 Å². The van der Waals surface area contributed by atoms with Gasteiger partial charge in [0.2, 0.25) is 0 Å². The van der Waals surface area contributed by atoms with Gasteiger partial charge in [-0.15, -0.1) is 5.10 Å². The average Bonchev–Trinajstić information content (AvgIpc) is 3.28. The van der Waals surface area contributed by atoms with Crippen LogP contribution in [-0.2, 0) is 11.8 Å². The van der Waals surface area contributed by atoms with E-state index in [1.54, 1.807) is 15.6 Å². The Kier molecular flexibility index (Phi) is 3.61. The third-order valence-corrected chi connectivity index (χ3v) is 4.12. The van der Waals surface area contributed by atoms with E-state index in [2.05, 4.69) is 15.2 Å². The van der Waals surface area contributed by atoms with Crippen molar-refractivity contribution in [2.75, 3.05) is 13.2 Å². The fraction of sp³-hybridized carbons (Fsp3) is 0.312. The molecule has 3 aromatic rings. The van der Waals surface area contributed by atoms with Gasteiger partial charge in [-0.25, -0.2) is 13.8 Å². The van der Waals surface area contributed by atoms with E-state index in [4.69, 9.17) is 4.74 Å². The highest BCUT2D eigenvalue weighted by atomic mass is 19.2. The summed E-state index contributed by atoms with van der Waals surface area (Å²) >= 11 is 0. The van der Waals surface area contributed by atoms with Gasteiger partial charge >= 0.3 is 0 Å². The number of halogens is 2. The number of hydrogen-bond donors (Lipinski definition) is 0. The van der Waals surface area contributed by atoms with E-state index in [0.717, 1.165) is 30.2 Å². The minimum Gasteiger partial charge on any atom is -0.381 e. The van der Waals surface area contributed by atoms with Gasteiger partial charge in [0, 0.05) is 31.2 Å². The summed E-state index contributed by atoms with van der Waals surface area (Å²) in [5.74, 6) is 0.113. The summed E-state index contributed by atoms with van der Waals surface area (Å²) in [5.41, 5.74) is 0.426. The zero-order valence-corrected chi connectivity index (χ0v) is 13.0. The van der Waals surface area contributed by atoms with Crippen LogP contribution in [0.15, 0.2) is 30.5 Å². The van der Waals surface area contributed by atoms with Crippen LogP contribution >= 0.6 is 0 Å². The van der Waals surface area contributed by atoms with E-state index < -0.39 is 11.6 Å². The van der Waals surface area contributed by atoms with Crippen LogP contribution in [-0.4, -0.2) is 37.8 Å². The maximum Gasteiger partial charge on any atom is 0.182 e. The third-order valence-electron chi connectivity index (χ3n) is 4.12. The summed E-state index contributed by atoms with van der Waals surface area (Å²) in [6.07, 6.45) is 2.51. The van der Waals surface area contributed by atoms with Gasteiger partial charge in [-0.1, -0.05) is 0 Å². The lowest BCUT2D eigenvalue weighted by Crippen LogP contribution is -2.12. The summed E-state index contributed by atoms with van der Waals surface area (Å²) in [6, 6.07) is 5.47. The molecule has 0 radical (unpaired) electrons. The van der Waals surface area contributed by atoms with Crippen LogP contribution in [0.3, 0.4) is 0 Å². The number of hydrogen-bond acceptors (Lipinski definition) is 4. The van der Waals surface area contributed by atoms with Crippen LogP contribution < -0.4 is 0 Å². The van der Waals surface area contributed by atoms with Gasteiger partial charge in [-0.05, 0) is 24.6 Å². The van der Waals surface area contributed by atoms with Crippen molar-refractivity contribution < 1.29 is 13.5 Å². The second-order valence-electron chi connectivity index (χ2n) is 5.71. The van der Waals surface area contributed by atoms with Crippen LogP contribution in [0.1, 0.15) is 18.2 Å². The number of aromatic nitrogens is 5. The topological polar surface area (TPSA) is 57.8 Å². The lowest BCUT2D eigenvalue weighted by Gasteiger charge is -2.09. The van der Waals surface area contributed by atoms with E-state index in [9.17, 15) is 8.78 Å². The first-order valence-corrected chi connectivity index (χ1v) is 7.62. The van der Waals surface area contributed by atoms with Crippen molar-refractivity contribution in [2.24, 2.45) is 7.05 Å². The Hall–Kier alpha value is -2.61. The summed E-state index contributed by atoms with van der Waals surface area (Å²) in [7, 11) is 1.81. The van der Waals surface area contributed by atoms with Crippen molar-refractivity contribution in [1.82, 2.24) is 24.5 Å². The second-order valence-corrected chi connectivity index (χ2v) is 5.71. The SMILES string of the molecule is Cn1nccc1-n1nc(-c2ccc(F)c(F)c2)nc1C1CCOC1. The lowest BCUT2D eigenvalue weighted by molar-refractivity contribution is 0.193. The summed E-state index contributed by atoms with van der Waals surface area (Å²) in [6.45, 7) is 1.23. The predicted octanol–water partition coefficient (Wildman–Crippen LogP) is 2.45. The number of rotatable bonds is 3. The Labute approximate surface area is 136 Å². The molecule has 2 aromatic heterocycles. The highest BCUT2D eigenvalue weighted by Gasteiger charge is 2.26. The van der Waals surface area contributed by atoms with Crippen molar-refractivity contribution in [2.45, 2.75) is 12.3 Å². The molecular formula is C16H15F2N5O. The monoisotopic (exact) mass is 331 g/mol. The van der Waals surface area contributed by atoms with Crippen molar-refractivity contribution in [3.63, 3.8) is 0 Å². The lowest BCUT2D eigenvalue weighted by atomic mass is 10.1. The first-order chi connectivity index (χ1) is 11.6. The molecule has 0 bridgehead atoms. The van der Waals surface area contributed by atoms with Crippen molar-refractivity contribution in [3.8, 4) is 17.2 Å². The van der Waals surface area contributed by atoms with Crippen LogP contribution in [0.5, 0.6) is 0 Å². The second kappa shape index (κ2) is 5.79. The Bertz CT molecular complexity index is 882. The quantitative estimate of drug-likeness (QED) is 0.740. The summed E-state index contributed by atoms with van der Waals surface area (Å²) in [4.78, 5) is 4.57. The number of ether oxygens (including phenoxy) is 1. The number of aryl methyl sites for hydroxylation is 1. The maximum atomic E-state index is 13.5. The predicted molar refractivity (Wildman–Crippen MR) is 81.7 cm³/mol. The Morgan fingerprint density at radius 1 is 1.21 bits per heavy atom. The molecule has 3 heterocycles. The molecular weight excluding hydrogens is 316 g/mol. The number of benzene rings is 1. The minimum atomic E-state index is -0.921. The van der Waals surface area contributed by atoms with Crippen LogP contribution in [0, 0.1) is 11.6 Å². The van der Waals surface area contributed by atoms with Crippen LogP contribution in [0.4, 0.5) is 8.78 Å². The number of nitrogens with zero attached hydrogens (tertiary/aromatic N) is 5. The van der Waals surface area contributed by atoms with E-state index >= 15 is 0 Å². The minimum absolute atomic E-state index is 0.103. The van der Waals surface area contributed by atoms with E-state index in [1.807, 2.05) is 13.1 Å². The fourth-order valence-corrected chi connectivity index (χ4v) is 2.83. The first kappa shape index (κ1) is 14.9. The molecule has 0 saturated carbocycles. The van der Waals surface area contributed by atoms with E-state index in [0.29, 0.717) is 24.6 Å². The van der Waals surface area contributed by atoms with Gasteiger partial charge in [0.05, 0.1) is 12.8 Å². The highest BCUT2D eigenvalue weighted by molar-refractivity contribution is 5.55. The van der Waals surface area contributed by atoms with Crippen LogP contribution in [0.2, 0.25) is 0 Å². The van der Waals surface area contributed by atoms with Gasteiger partial charge in [0.15, 0.2) is 23.3 Å². The largest absolute Gasteiger partial charge is 0.381 e. The Morgan fingerprint density at radius 3 is 2.75 bits per heavy atom. The molecule has 0 aliphatic carbocycles. The van der Waals surface area contributed by atoms with Crippen molar-refractivity contribution in [1.29, 1.82) is 0 Å². The summed E-state index contributed by atoms with van der Waals surface area (Å²) < 4.78 is 35.5. The molecule has 6 nitrogen and oxygen atoms in total. The fourth-order valence-electron chi connectivity index (χ4n) is 2.83. The van der Waals surface area contributed by atoms with Gasteiger partial charge in [0.1, 0.15) is 5.82 Å². The molecule has 0 amide bonds. The Morgan fingerprint density at radius 2 is 2.08 bits per heavy atom. The molecule has 1 atom stereocenters. The molecule has 4 rings (SSSR count). The molecule has 1 aliphatic rings. The Balaban J connectivity index is 1.84. The molecule has 24 heavy (non-hydrogen) atoms. The summed E-state index contributed by atoms with van der Waals surface area (Å²) in [5, 5.41) is 8.65. The third kappa shape index (κ3) is 2.48. The maximum absolute atomic E-state index is 13.5. The van der Waals surface area contributed by atoms with Gasteiger partial charge < -0.3 is 4.74 Å². The standard InChI is InChI=1S/C16H15F2N5O/c1-22-14(4-6-19-22)23-16(11-5-7-24-9-11)20-15(21-23)10-2-3-12(17)13(18)8-10/h2-4,6,8,11H,5,7,9H2,1H3. The molecule has 1 unspecified atom stereocenters.